The Balaban J connectivity index is 1.87. The SMILES string of the molecule is COc1ccc([C@H]2Oc3c(c(OC)cc(OC)c3-c3ccc(C)cc3)C[C@H]2O)cc1OC. The number of ether oxygens (including phenoxy) is 5. The number of methoxy groups -OCH3 is 4. The van der Waals surface area contributed by atoms with Gasteiger partial charge < -0.3 is 28.8 Å². The van der Waals surface area contributed by atoms with Crippen LogP contribution in [0.5, 0.6) is 28.7 Å². The number of fused-ring (bicyclic) bond motifs is 1. The number of aliphatic hydroxyl groups excluding tert-OH is 1. The lowest BCUT2D eigenvalue weighted by Crippen LogP contribution is -2.31. The maximum Gasteiger partial charge on any atom is 0.161 e. The Labute approximate surface area is 188 Å². The molecule has 0 amide bonds. The topological polar surface area (TPSA) is 66.4 Å². The maximum absolute atomic E-state index is 11.0. The van der Waals surface area contributed by atoms with Crippen LogP contribution in [0, 0.1) is 6.92 Å². The summed E-state index contributed by atoms with van der Waals surface area (Å²) in [7, 11) is 6.40. The molecule has 0 aliphatic carbocycles. The summed E-state index contributed by atoms with van der Waals surface area (Å²) >= 11 is 0. The first-order chi connectivity index (χ1) is 15.5. The van der Waals surface area contributed by atoms with E-state index in [0.29, 0.717) is 35.2 Å². The standard InChI is InChI=1S/C26H28O6/c1-15-6-8-16(9-7-15)24-23(31-5)14-21(29-3)18-13-19(27)25(32-26(18)24)17-10-11-20(28-2)22(12-17)30-4/h6-12,14,19,25,27H,13H2,1-5H3/t19-,25-/m1/s1. The van der Waals surface area contributed by atoms with E-state index in [0.717, 1.165) is 27.8 Å². The molecule has 0 bridgehead atoms. The molecule has 3 aromatic carbocycles. The van der Waals surface area contributed by atoms with Crippen LogP contribution in [0.4, 0.5) is 0 Å². The molecule has 0 fully saturated rings. The molecule has 6 nitrogen and oxygen atoms in total. The summed E-state index contributed by atoms with van der Waals surface area (Å²) < 4.78 is 28.6. The van der Waals surface area contributed by atoms with Crippen molar-refractivity contribution in [3.63, 3.8) is 0 Å². The van der Waals surface area contributed by atoms with Gasteiger partial charge in [-0.15, -0.1) is 0 Å². The molecule has 0 saturated heterocycles. The summed E-state index contributed by atoms with van der Waals surface area (Å²) in [6.45, 7) is 2.05. The molecule has 0 spiro atoms. The van der Waals surface area contributed by atoms with Gasteiger partial charge in [-0.25, -0.2) is 0 Å². The van der Waals surface area contributed by atoms with Crippen molar-refractivity contribution in [3.8, 4) is 39.9 Å². The summed E-state index contributed by atoms with van der Waals surface area (Å²) in [4.78, 5) is 0. The highest BCUT2D eigenvalue weighted by Gasteiger charge is 2.35. The number of hydrogen-bond acceptors (Lipinski definition) is 6. The molecule has 0 saturated carbocycles. The first kappa shape index (κ1) is 21.8. The molecule has 1 aliphatic heterocycles. The van der Waals surface area contributed by atoms with Gasteiger partial charge in [-0.05, 0) is 30.2 Å². The zero-order valence-corrected chi connectivity index (χ0v) is 19.0. The summed E-state index contributed by atoms with van der Waals surface area (Å²) in [5.41, 5.74) is 4.56. The van der Waals surface area contributed by atoms with Gasteiger partial charge in [-0.3, -0.25) is 0 Å². The molecule has 0 unspecified atom stereocenters. The van der Waals surface area contributed by atoms with Gasteiger partial charge in [-0.2, -0.15) is 0 Å². The quantitative estimate of drug-likeness (QED) is 0.603. The minimum absolute atomic E-state index is 0.375. The highest BCUT2D eigenvalue weighted by Crippen LogP contribution is 2.50. The minimum Gasteiger partial charge on any atom is -0.496 e. The molecule has 4 rings (SSSR count). The van der Waals surface area contributed by atoms with Crippen molar-refractivity contribution in [2.24, 2.45) is 0 Å². The molecule has 3 aromatic rings. The highest BCUT2D eigenvalue weighted by molar-refractivity contribution is 5.81. The second kappa shape index (κ2) is 9.01. The predicted molar refractivity (Wildman–Crippen MR) is 122 cm³/mol. The van der Waals surface area contributed by atoms with Crippen LogP contribution in [0.25, 0.3) is 11.1 Å². The fourth-order valence-corrected chi connectivity index (χ4v) is 4.15. The lowest BCUT2D eigenvalue weighted by atomic mass is 9.90. The lowest BCUT2D eigenvalue weighted by molar-refractivity contribution is 0.0201. The molecule has 1 aliphatic rings. The second-order valence-electron chi connectivity index (χ2n) is 7.75. The number of rotatable bonds is 6. The monoisotopic (exact) mass is 436 g/mol. The summed E-state index contributed by atoms with van der Waals surface area (Å²) in [6.07, 6.45) is -0.988. The normalized spacial score (nSPS) is 17.2. The smallest absolute Gasteiger partial charge is 0.161 e. The van der Waals surface area contributed by atoms with Gasteiger partial charge >= 0.3 is 0 Å². The Morgan fingerprint density at radius 1 is 0.781 bits per heavy atom. The third kappa shape index (κ3) is 3.82. The first-order valence-corrected chi connectivity index (χ1v) is 10.4. The minimum atomic E-state index is -0.770. The van der Waals surface area contributed by atoms with Crippen LogP contribution in [0.1, 0.15) is 22.8 Å². The van der Waals surface area contributed by atoms with Crippen LogP contribution in [0.2, 0.25) is 0 Å². The maximum atomic E-state index is 11.0. The largest absolute Gasteiger partial charge is 0.496 e. The van der Waals surface area contributed by atoms with E-state index in [4.69, 9.17) is 23.7 Å². The van der Waals surface area contributed by atoms with E-state index in [2.05, 4.69) is 12.1 Å². The van der Waals surface area contributed by atoms with Crippen LogP contribution in [-0.4, -0.2) is 39.6 Å². The van der Waals surface area contributed by atoms with E-state index in [-0.39, 0.29) is 0 Å². The van der Waals surface area contributed by atoms with Crippen LogP contribution >= 0.6 is 0 Å². The number of aliphatic hydroxyl groups is 1. The summed E-state index contributed by atoms with van der Waals surface area (Å²) in [5, 5.41) is 11.0. The summed E-state index contributed by atoms with van der Waals surface area (Å²) in [5.74, 6) is 3.11. The van der Waals surface area contributed by atoms with Gasteiger partial charge in [0.2, 0.25) is 0 Å². The fourth-order valence-electron chi connectivity index (χ4n) is 4.15. The number of aryl methyl sites for hydroxylation is 1. The molecule has 1 heterocycles. The van der Waals surface area contributed by atoms with E-state index >= 15 is 0 Å². The Hall–Kier alpha value is -3.38. The average Bonchev–Trinajstić information content (AvgIpc) is 2.82. The third-order valence-electron chi connectivity index (χ3n) is 5.83. The fraction of sp³-hybridized carbons (Fsp3) is 0.308. The molecule has 2 atom stereocenters. The van der Waals surface area contributed by atoms with Gasteiger partial charge in [0.1, 0.15) is 23.4 Å². The Kier molecular flexibility index (Phi) is 6.15. The molecule has 0 aromatic heterocycles. The van der Waals surface area contributed by atoms with E-state index in [1.165, 1.54) is 0 Å². The first-order valence-electron chi connectivity index (χ1n) is 10.4. The summed E-state index contributed by atoms with van der Waals surface area (Å²) in [6, 6.07) is 15.6. The number of benzene rings is 3. The average molecular weight is 437 g/mol. The van der Waals surface area contributed by atoms with Gasteiger partial charge in [0, 0.05) is 18.1 Å². The van der Waals surface area contributed by atoms with Gasteiger partial charge in [0.25, 0.3) is 0 Å². The Morgan fingerprint density at radius 3 is 2.06 bits per heavy atom. The lowest BCUT2D eigenvalue weighted by Gasteiger charge is -2.34. The third-order valence-corrected chi connectivity index (χ3v) is 5.83. The van der Waals surface area contributed by atoms with E-state index in [9.17, 15) is 5.11 Å². The van der Waals surface area contributed by atoms with Crippen LogP contribution < -0.4 is 23.7 Å². The molecule has 0 radical (unpaired) electrons. The molecule has 6 heteroatoms. The molecule has 32 heavy (non-hydrogen) atoms. The van der Waals surface area contributed by atoms with E-state index in [1.807, 2.05) is 43.3 Å². The van der Waals surface area contributed by atoms with Crippen molar-refractivity contribution in [2.45, 2.75) is 25.6 Å². The molecule has 168 valence electrons. The van der Waals surface area contributed by atoms with Crippen LogP contribution in [0.3, 0.4) is 0 Å². The van der Waals surface area contributed by atoms with Crippen LogP contribution in [0.15, 0.2) is 48.5 Å². The van der Waals surface area contributed by atoms with Crippen molar-refractivity contribution in [3.05, 3.63) is 65.2 Å². The van der Waals surface area contributed by atoms with Gasteiger partial charge in [0.15, 0.2) is 11.5 Å². The molecular weight excluding hydrogens is 408 g/mol. The van der Waals surface area contributed by atoms with E-state index < -0.39 is 12.2 Å². The highest BCUT2D eigenvalue weighted by atomic mass is 16.5. The second-order valence-corrected chi connectivity index (χ2v) is 7.75. The Morgan fingerprint density at radius 2 is 1.44 bits per heavy atom. The van der Waals surface area contributed by atoms with Crippen LogP contribution in [-0.2, 0) is 6.42 Å². The van der Waals surface area contributed by atoms with Crippen molar-refractivity contribution >= 4 is 0 Å². The van der Waals surface area contributed by atoms with Gasteiger partial charge in [0.05, 0.1) is 40.1 Å². The van der Waals surface area contributed by atoms with Crippen molar-refractivity contribution < 1.29 is 28.8 Å². The molecule has 1 N–H and O–H groups in total. The molecular formula is C26H28O6. The van der Waals surface area contributed by atoms with Gasteiger partial charge in [-0.1, -0.05) is 35.9 Å². The zero-order chi connectivity index (χ0) is 22.8. The van der Waals surface area contributed by atoms with Crippen molar-refractivity contribution in [1.82, 2.24) is 0 Å². The predicted octanol–water partition coefficient (Wildman–Crippen LogP) is 4.73. The zero-order valence-electron chi connectivity index (χ0n) is 19.0. The van der Waals surface area contributed by atoms with Crippen molar-refractivity contribution in [2.75, 3.05) is 28.4 Å². The van der Waals surface area contributed by atoms with Crippen molar-refractivity contribution in [1.29, 1.82) is 0 Å². The number of hydrogen-bond donors (Lipinski definition) is 1. The Bertz CT molecular complexity index is 1110. The van der Waals surface area contributed by atoms with E-state index in [1.54, 1.807) is 28.4 Å².